The Hall–Kier alpha value is -4.12. The zero-order valence-electron chi connectivity index (χ0n) is 22.0. The van der Waals surface area contributed by atoms with Crippen molar-refractivity contribution in [3.63, 3.8) is 0 Å². The average molecular weight is 586 g/mol. The van der Waals surface area contributed by atoms with Crippen molar-refractivity contribution in [3.05, 3.63) is 112 Å². The molecule has 1 aliphatic carbocycles. The third-order valence-electron chi connectivity index (χ3n) is 7.05. The molecule has 0 amide bonds. The maximum absolute atomic E-state index is 11.6. The van der Waals surface area contributed by atoms with Crippen LogP contribution in [0.15, 0.2) is 89.1 Å². The van der Waals surface area contributed by atoms with Gasteiger partial charge in [0.05, 0.1) is 22.5 Å². The summed E-state index contributed by atoms with van der Waals surface area (Å²) in [6, 6.07) is 24.6. The predicted octanol–water partition coefficient (Wildman–Crippen LogP) is 6.00. The molecule has 3 aromatic carbocycles. The van der Waals surface area contributed by atoms with Gasteiger partial charge in [0.25, 0.3) is 0 Å². The van der Waals surface area contributed by atoms with Gasteiger partial charge in [0.1, 0.15) is 12.4 Å². The van der Waals surface area contributed by atoms with Gasteiger partial charge in [-0.15, -0.1) is 15.5 Å². The monoisotopic (exact) mass is 585 g/mol. The number of nitrogens with zero attached hydrogens (tertiary/aromatic N) is 3. The van der Waals surface area contributed by atoms with Gasteiger partial charge in [0, 0.05) is 22.9 Å². The fourth-order valence-corrected chi connectivity index (χ4v) is 5.90. The first-order chi connectivity index (χ1) is 19.9. The van der Waals surface area contributed by atoms with Gasteiger partial charge < -0.3 is 14.4 Å². The van der Waals surface area contributed by atoms with Gasteiger partial charge in [-0.25, -0.2) is 14.5 Å². The Morgan fingerprint density at radius 3 is 2.51 bits per heavy atom. The van der Waals surface area contributed by atoms with Crippen molar-refractivity contribution in [2.45, 2.75) is 37.2 Å². The molecule has 41 heavy (non-hydrogen) atoms. The summed E-state index contributed by atoms with van der Waals surface area (Å²) < 4.78 is 30.8. The van der Waals surface area contributed by atoms with Gasteiger partial charge in [0.2, 0.25) is 5.13 Å². The van der Waals surface area contributed by atoms with E-state index in [0.29, 0.717) is 29.8 Å². The molecule has 1 atom stereocenters. The van der Waals surface area contributed by atoms with E-state index in [9.17, 15) is 18.7 Å². The molecule has 10 heteroatoms. The van der Waals surface area contributed by atoms with E-state index in [1.807, 2.05) is 66.7 Å². The Bertz CT molecular complexity index is 1710. The highest BCUT2D eigenvalue weighted by molar-refractivity contribution is 7.79. The van der Waals surface area contributed by atoms with E-state index in [4.69, 9.17) is 9.84 Å². The lowest BCUT2D eigenvalue weighted by atomic mass is 9.97. The molecule has 1 fully saturated rings. The quantitative estimate of drug-likeness (QED) is 0.149. The Kier molecular flexibility index (Phi) is 7.78. The maximum atomic E-state index is 11.6. The van der Waals surface area contributed by atoms with Crippen molar-refractivity contribution in [2.24, 2.45) is 5.92 Å². The Balaban J connectivity index is 1.43. The number of aromatic carboxylic acids is 1. The largest absolute Gasteiger partial charge is 0.612 e. The number of thiol groups is 1. The molecule has 8 nitrogen and oxygen atoms in total. The van der Waals surface area contributed by atoms with E-state index in [2.05, 4.69) is 4.98 Å². The number of rotatable bonds is 11. The van der Waals surface area contributed by atoms with Crippen LogP contribution >= 0.6 is 11.3 Å². The van der Waals surface area contributed by atoms with Gasteiger partial charge in [-0.3, -0.25) is 0 Å². The van der Waals surface area contributed by atoms with Crippen LogP contribution in [0.1, 0.15) is 45.7 Å². The molecule has 1 unspecified atom stereocenters. The third-order valence-corrected chi connectivity index (χ3v) is 8.58. The van der Waals surface area contributed by atoms with Crippen molar-refractivity contribution in [1.82, 2.24) is 14.8 Å². The topological polar surface area (TPSA) is 117 Å². The first kappa shape index (κ1) is 27.1. The maximum Gasteiger partial charge on any atom is 0.355 e. The highest BCUT2D eigenvalue weighted by atomic mass is 32.2. The van der Waals surface area contributed by atoms with E-state index in [1.165, 1.54) is 16.7 Å². The van der Waals surface area contributed by atoms with Gasteiger partial charge in [0.15, 0.2) is 10.6 Å². The van der Waals surface area contributed by atoms with Gasteiger partial charge in [-0.2, -0.15) is 5.10 Å². The number of hydrogen-bond donors (Lipinski definition) is 1. The summed E-state index contributed by atoms with van der Waals surface area (Å²) >= 11 is -1.41. The minimum absolute atomic E-state index is 0.0143. The number of benzene rings is 3. The molecule has 1 N–H and O–H groups in total. The van der Waals surface area contributed by atoms with E-state index < -0.39 is 17.0 Å². The number of thiazole rings is 1. The normalized spacial score (nSPS) is 13.7. The summed E-state index contributed by atoms with van der Waals surface area (Å²) in [5.74, 6) is 0.161. The molecule has 6 rings (SSSR count). The van der Waals surface area contributed by atoms with Crippen LogP contribution in [0.25, 0.3) is 16.4 Å². The van der Waals surface area contributed by atoms with Gasteiger partial charge in [-0.05, 0) is 60.6 Å². The minimum atomic E-state index is -2.66. The lowest BCUT2D eigenvalue weighted by Crippen LogP contribution is -2.06. The van der Waals surface area contributed by atoms with E-state index in [-0.39, 0.29) is 10.6 Å². The third kappa shape index (κ3) is 6.30. The molecule has 5 aromatic rings. The standard InChI is InChI=1S/C31H27N3O5S2/c35-30(36)27-19-40-31(32-27)34-28(16-21-9-10-21)26(15-20-11-13-25(14-12-20)41(37)38)29(33-34)23-7-4-8-24(17-23)39-18-22-5-2-1-3-6-22/h1-8,11-14,17,19,21,41H,9-10,15-16,18H2,(H-,35,36,37,38). The minimum Gasteiger partial charge on any atom is -0.612 e. The smallest absolute Gasteiger partial charge is 0.355 e. The van der Waals surface area contributed by atoms with E-state index in [0.717, 1.165) is 52.9 Å². The molecule has 0 bridgehead atoms. The number of ether oxygens (including phenoxy) is 1. The molecular weight excluding hydrogens is 558 g/mol. The zero-order valence-corrected chi connectivity index (χ0v) is 23.7. The van der Waals surface area contributed by atoms with Crippen LogP contribution < -0.4 is 4.74 Å². The fraction of sp³-hybridized carbons (Fsp3) is 0.194. The Morgan fingerprint density at radius 1 is 1.05 bits per heavy atom. The van der Waals surface area contributed by atoms with Crippen LogP contribution in [-0.2, 0) is 34.7 Å². The summed E-state index contributed by atoms with van der Waals surface area (Å²) in [6.07, 6.45) is 3.58. The average Bonchev–Trinajstić information content (AvgIpc) is 3.54. The lowest BCUT2D eigenvalue weighted by molar-refractivity contribution is 0.0691. The molecule has 0 spiro atoms. The summed E-state index contributed by atoms with van der Waals surface area (Å²) in [4.78, 5) is 16.2. The Labute approximate surface area is 243 Å². The van der Waals surface area contributed by atoms with Crippen LogP contribution in [0.4, 0.5) is 0 Å². The molecule has 1 saturated carbocycles. The van der Waals surface area contributed by atoms with Crippen LogP contribution in [0.3, 0.4) is 0 Å². The molecule has 1 aliphatic rings. The number of hydrogen-bond acceptors (Lipinski definition) is 7. The van der Waals surface area contributed by atoms with Crippen molar-refractivity contribution in [1.29, 1.82) is 0 Å². The SMILES string of the molecule is O=C(O)c1csc(-n2nc(-c3cccc(OCc4ccccc4)c3)c(Cc3ccc([SH+](=O)[O-])cc3)c2CC2CC2)n1. The number of carbonyl (C=O) groups is 1. The van der Waals surface area contributed by atoms with Gasteiger partial charge in [-0.1, -0.05) is 54.6 Å². The highest BCUT2D eigenvalue weighted by Crippen LogP contribution is 2.38. The van der Waals surface area contributed by atoms with E-state index >= 15 is 0 Å². The second-order valence-electron chi connectivity index (χ2n) is 10.1. The number of carboxylic acids is 1. The molecule has 0 aliphatic heterocycles. The summed E-state index contributed by atoms with van der Waals surface area (Å²) in [5, 5.41) is 16.5. The van der Waals surface area contributed by atoms with Crippen molar-refractivity contribution < 1.29 is 23.4 Å². The first-order valence-electron chi connectivity index (χ1n) is 13.2. The molecule has 208 valence electrons. The van der Waals surface area contributed by atoms with Crippen LogP contribution in [0, 0.1) is 5.92 Å². The Morgan fingerprint density at radius 2 is 1.83 bits per heavy atom. The second kappa shape index (κ2) is 11.8. The molecule has 2 aromatic heterocycles. The zero-order chi connectivity index (χ0) is 28.3. The van der Waals surface area contributed by atoms with Crippen LogP contribution in [-0.4, -0.2) is 30.4 Å². The number of carboxylic acid groups (broad SMARTS) is 1. The second-order valence-corrected chi connectivity index (χ2v) is 11.9. The van der Waals surface area contributed by atoms with Crippen molar-refractivity contribution in [3.8, 4) is 22.1 Å². The molecule has 0 radical (unpaired) electrons. The van der Waals surface area contributed by atoms with Crippen molar-refractivity contribution in [2.75, 3.05) is 0 Å². The summed E-state index contributed by atoms with van der Waals surface area (Å²) in [5.41, 5.74) is 5.63. The van der Waals surface area contributed by atoms with Crippen LogP contribution in [0.2, 0.25) is 0 Å². The fourth-order valence-electron chi connectivity index (χ4n) is 4.74. The number of aromatic nitrogens is 3. The van der Waals surface area contributed by atoms with Crippen LogP contribution in [0.5, 0.6) is 5.75 Å². The van der Waals surface area contributed by atoms with Crippen molar-refractivity contribution >= 4 is 28.4 Å². The molecule has 0 saturated heterocycles. The van der Waals surface area contributed by atoms with E-state index in [1.54, 1.807) is 16.8 Å². The molecule has 2 heterocycles. The molecular formula is C31H27N3O5S2. The summed E-state index contributed by atoms with van der Waals surface area (Å²) in [6.45, 7) is 0.434. The lowest BCUT2D eigenvalue weighted by Gasteiger charge is -2.10. The first-order valence-corrected chi connectivity index (χ1v) is 15.3. The highest BCUT2D eigenvalue weighted by Gasteiger charge is 2.29. The predicted molar refractivity (Wildman–Crippen MR) is 157 cm³/mol. The summed E-state index contributed by atoms with van der Waals surface area (Å²) in [7, 11) is 0. The van der Waals surface area contributed by atoms with Gasteiger partial charge >= 0.3 is 5.97 Å².